The molecule has 0 rings (SSSR count). The van der Waals surface area contributed by atoms with Crippen LogP contribution < -0.4 is 5.73 Å². The van der Waals surface area contributed by atoms with E-state index in [1.165, 1.54) is 0 Å². The Morgan fingerprint density at radius 1 is 1.75 bits per heavy atom. The molecule has 0 saturated heterocycles. The number of nitrogens with two attached hydrogens (primary N) is 1. The van der Waals surface area contributed by atoms with E-state index in [1.807, 2.05) is 5.18 Å². The zero-order valence-corrected chi connectivity index (χ0v) is 3.90. The molecule has 1 atom stereocenters. The molecule has 2 N–H and O–H groups in total. The van der Waals surface area contributed by atoms with Crippen LogP contribution in [0.3, 0.4) is 0 Å². The van der Waals surface area contributed by atoms with Gasteiger partial charge >= 0.3 is 5.91 Å². The van der Waals surface area contributed by atoms with Crippen molar-refractivity contribution in [2.24, 2.45) is 10.9 Å². The van der Waals surface area contributed by atoms with Gasteiger partial charge in [0.25, 0.3) is 0 Å². The average Bonchev–Trinajstić information content (AvgIpc) is 1.84. The molecule has 0 aliphatic rings. The molecular formula is C3H4N2O3. The van der Waals surface area contributed by atoms with Crippen LogP contribution in [0.2, 0.25) is 0 Å². The van der Waals surface area contributed by atoms with Gasteiger partial charge in [-0.05, 0) is 0 Å². The van der Waals surface area contributed by atoms with Gasteiger partial charge in [-0.1, -0.05) is 0 Å². The van der Waals surface area contributed by atoms with Gasteiger partial charge in [0.15, 0.2) is 0 Å². The molecule has 8 heavy (non-hydrogen) atoms. The minimum Gasteiger partial charge on any atom is -0.314 e. The maximum atomic E-state index is 9.91. The Bertz CT molecular complexity index is 122. The number of nitroso groups, excluding NO2 is 1. The Morgan fingerprint density at radius 3 is 2.38 bits per heavy atom. The summed E-state index contributed by atoms with van der Waals surface area (Å²) < 4.78 is 0. The lowest BCUT2D eigenvalue weighted by atomic mass is 10.3. The molecule has 5 heteroatoms. The van der Waals surface area contributed by atoms with Crippen molar-refractivity contribution in [3.05, 3.63) is 4.91 Å². The van der Waals surface area contributed by atoms with Crippen LogP contribution in [0.25, 0.3) is 0 Å². The molecule has 0 aromatic rings. The first kappa shape index (κ1) is 6.90. The average molecular weight is 116 g/mol. The second kappa shape index (κ2) is 2.98. The van der Waals surface area contributed by atoms with Crippen molar-refractivity contribution in [1.29, 1.82) is 0 Å². The van der Waals surface area contributed by atoms with Crippen molar-refractivity contribution in [1.82, 2.24) is 0 Å². The monoisotopic (exact) mass is 116 g/mol. The molecule has 0 aromatic heterocycles. The summed E-state index contributed by atoms with van der Waals surface area (Å²) in [6.07, 6.45) is 0.156. The van der Waals surface area contributed by atoms with E-state index in [2.05, 4.69) is 0 Å². The summed E-state index contributed by atoms with van der Waals surface area (Å²) in [4.78, 5) is 28.7. The minimum absolute atomic E-state index is 0.156. The van der Waals surface area contributed by atoms with Crippen molar-refractivity contribution in [2.45, 2.75) is 6.04 Å². The van der Waals surface area contributed by atoms with Crippen molar-refractivity contribution in [3.63, 3.8) is 0 Å². The number of carbonyl (C=O) groups excluding carboxylic acids is 2. The van der Waals surface area contributed by atoms with Crippen LogP contribution in [0.5, 0.6) is 0 Å². The topological polar surface area (TPSA) is 89.6 Å². The van der Waals surface area contributed by atoms with E-state index in [0.29, 0.717) is 0 Å². The quantitative estimate of drug-likeness (QED) is 0.279. The van der Waals surface area contributed by atoms with Gasteiger partial charge in [0, 0.05) is 5.18 Å². The lowest BCUT2D eigenvalue weighted by molar-refractivity contribution is -0.123. The van der Waals surface area contributed by atoms with Gasteiger partial charge in [0.05, 0.1) is 0 Å². The summed E-state index contributed by atoms with van der Waals surface area (Å²) in [7, 11) is 0. The Kier molecular flexibility index (Phi) is 2.57. The third kappa shape index (κ3) is 1.57. The van der Waals surface area contributed by atoms with Crippen molar-refractivity contribution >= 4 is 12.2 Å². The molecule has 0 saturated carbocycles. The number of aldehydes is 1. The van der Waals surface area contributed by atoms with Gasteiger partial charge in [-0.15, -0.1) is 4.91 Å². The van der Waals surface area contributed by atoms with Crippen LogP contribution in [0.4, 0.5) is 0 Å². The fourth-order valence-electron chi connectivity index (χ4n) is 0.119. The zero-order valence-electron chi connectivity index (χ0n) is 3.90. The predicted octanol–water partition coefficient (Wildman–Crippen LogP) is -1.19. The maximum absolute atomic E-state index is 9.91. The van der Waals surface area contributed by atoms with Crippen LogP contribution in [-0.2, 0) is 9.59 Å². The Hall–Kier alpha value is -1.10. The van der Waals surface area contributed by atoms with Crippen molar-refractivity contribution in [3.8, 4) is 0 Å². The first-order valence-electron chi connectivity index (χ1n) is 1.80. The second-order valence-corrected chi connectivity index (χ2v) is 1.09. The van der Waals surface area contributed by atoms with Gasteiger partial charge in [-0.3, -0.25) is 4.79 Å². The van der Waals surface area contributed by atoms with Crippen LogP contribution in [0.1, 0.15) is 0 Å². The minimum atomic E-state index is -1.38. The maximum Gasteiger partial charge on any atom is 0.310 e. The van der Waals surface area contributed by atoms with Crippen molar-refractivity contribution in [2.75, 3.05) is 0 Å². The summed E-state index contributed by atoms with van der Waals surface area (Å²) >= 11 is 0. The van der Waals surface area contributed by atoms with E-state index in [4.69, 9.17) is 5.73 Å². The highest BCUT2D eigenvalue weighted by atomic mass is 16.3. The summed E-state index contributed by atoms with van der Waals surface area (Å²) in [5.74, 6) is -1.14. The largest absolute Gasteiger partial charge is 0.314 e. The molecule has 0 aromatic carbocycles. The molecule has 0 radical (unpaired) electrons. The summed E-state index contributed by atoms with van der Waals surface area (Å²) in [5, 5.41) is 1.91. The first-order chi connectivity index (χ1) is 3.72. The highest BCUT2D eigenvalue weighted by Crippen LogP contribution is 1.75. The highest BCUT2D eigenvalue weighted by molar-refractivity contribution is 5.95. The summed E-state index contributed by atoms with van der Waals surface area (Å²) in [5.41, 5.74) is 4.72. The number of rotatable bonds is 2. The van der Waals surface area contributed by atoms with Crippen LogP contribution in [0.15, 0.2) is 5.18 Å². The molecule has 0 heterocycles. The fourth-order valence-corrected chi connectivity index (χ4v) is 0.119. The van der Waals surface area contributed by atoms with E-state index in [-0.39, 0.29) is 6.29 Å². The molecular weight excluding hydrogens is 112 g/mol. The van der Waals surface area contributed by atoms with Crippen LogP contribution in [0, 0.1) is 4.91 Å². The van der Waals surface area contributed by atoms with E-state index >= 15 is 0 Å². The lowest BCUT2D eigenvalue weighted by Crippen LogP contribution is -2.29. The Morgan fingerprint density at radius 2 is 2.25 bits per heavy atom. The van der Waals surface area contributed by atoms with Gasteiger partial charge < -0.3 is 10.5 Å². The number of amides is 1. The molecule has 0 bridgehead atoms. The molecule has 0 aliphatic heterocycles. The third-order valence-corrected chi connectivity index (χ3v) is 0.522. The standard InChI is InChI=1S/C3H4N2O3/c4-2(1-6)3(7)5-8/h1-2H,4H2. The predicted molar refractivity (Wildman–Crippen MR) is 24.8 cm³/mol. The highest BCUT2D eigenvalue weighted by Gasteiger charge is 2.10. The summed E-state index contributed by atoms with van der Waals surface area (Å²) in [6.45, 7) is 0. The normalized spacial score (nSPS) is 12.1. The zero-order chi connectivity index (χ0) is 6.57. The number of hydrogen-bond donors (Lipinski definition) is 1. The molecule has 1 unspecified atom stereocenters. The lowest BCUT2D eigenvalue weighted by Gasteiger charge is -1.88. The number of nitrogens with zero attached hydrogens (tertiary/aromatic N) is 1. The molecule has 0 spiro atoms. The first-order valence-corrected chi connectivity index (χ1v) is 1.80. The SMILES string of the molecule is NC(C=O)C(=O)N=O. The van der Waals surface area contributed by atoms with E-state index in [9.17, 15) is 14.5 Å². The van der Waals surface area contributed by atoms with Crippen LogP contribution >= 0.6 is 0 Å². The van der Waals surface area contributed by atoms with E-state index in [1.54, 1.807) is 0 Å². The molecule has 0 aliphatic carbocycles. The van der Waals surface area contributed by atoms with Gasteiger partial charge in [-0.25, -0.2) is 0 Å². The third-order valence-electron chi connectivity index (χ3n) is 0.522. The molecule has 0 fully saturated rings. The molecule has 5 nitrogen and oxygen atoms in total. The molecule has 44 valence electrons. The van der Waals surface area contributed by atoms with Gasteiger partial charge in [0.2, 0.25) is 0 Å². The summed E-state index contributed by atoms with van der Waals surface area (Å²) in [6, 6.07) is -1.38. The van der Waals surface area contributed by atoms with E-state index < -0.39 is 11.9 Å². The van der Waals surface area contributed by atoms with Gasteiger partial charge in [-0.2, -0.15) is 0 Å². The van der Waals surface area contributed by atoms with Crippen LogP contribution in [-0.4, -0.2) is 18.2 Å². The fraction of sp³-hybridized carbons (Fsp3) is 0.333. The second-order valence-electron chi connectivity index (χ2n) is 1.09. The number of carbonyl (C=O) groups is 2. The Labute approximate surface area is 44.8 Å². The van der Waals surface area contributed by atoms with Crippen molar-refractivity contribution < 1.29 is 9.59 Å². The number of hydrogen-bond acceptors (Lipinski definition) is 4. The van der Waals surface area contributed by atoms with E-state index in [0.717, 1.165) is 0 Å². The molecule has 1 amide bonds. The smallest absolute Gasteiger partial charge is 0.310 e. The van der Waals surface area contributed by atoms with Gasteiger partial charge in [0.1, 0.15) is 12.3 Å². The Balaban J connectivity index is 3.80.